The van der Waals surface area contributed by atoms with Gasteiger partial charge < -0.3 is 8.92 Å². The second-order valence-corrected chi connectivity index (χ2v) is 2.77. The average Bonchev–Trinajstić information content (AvgIpc) is 1.85. The van der Waals surface area contributed by atoms with Gasteiger partial charge in [-0.05, 0) is 5.92 Å². The van der Waals surface area contributed by atoms with Crippen molar-refractivity contribution in [2.75, 3.05) is 6.61 Å². The second kappa shape index (κ2) is 5.68. The largest absolute Gasteiger partial charge is 0.521 e. The van der Waals surface area contributed by atoms with Gasteiger partial charge in [0.15, 0.2) is 11.3 Å². The number of carbonyl (C=O) groups excluding carboxylic acids is 1. The first kappa shape index (κ1) is 9.91. The zero-order valence-corrected chi connectivity index (χ0v) is 7.37. The molecule has 0 radical (unpaired) electrons. The van der Waals surface area contributed by atoms with Crippen LogP contribution in [0.15, 0.2) is 0 Å². The van der Waals surface area contributed by atoms with E-state index in [1.807, 2.05) is 13.8 Å². The van der Waals surface area contributed by atoms with Crippen molar-refractivity contribution in [3.8, 4) is 0 Å². The monoisotopic (exact) mass is 184 g/mol. The summed E-state index contributed by atoms with van der Waals surface area (Å²) < 4.78 is 8.79. The van der Waals surface area contributed by atoms with Crippen molar-refractivity contribution in [1.82, 2.24) is 0 Å². The third kappa shape index (κ3) is 6.04. The molecule has 0 saturated heterocycles. The smallest absolute Gasteiger partial charge is 0.433 e. The number of ether oxygens (including phenoxy) is 1. The highest BCUT2D eigenvalue weighted by molar-refractivity contribution is 8.17. The van der Waals surface area contributed by atoms with Crippen LogP contribution < -0.4 is 0 Å². The van der Waals surface area contributed by atoms with E-state index >= 15 is 0 Å². The van der Waals surface area contributed by atoms with Crippen molar-refractivity contribution < 1.29 is 13.7 Å². The first-order valence-corrected chi connectivity index (χ1v) is 4.35. The Morgan fingerprint density at radius 2 is 2.30 bits per heavy atom. The molecule has 0 atom stereocenters. The number of rotatable bonds is 3. The first-order valence-electron chi connectivity index (χ1n) is 2.78. The normalized spacial score (nSPS) is 9.60. The van der Waals surface area contributed by atoms with E-state index in [1.54, 1.807) is 0 Å². The van der Waals surface area contributed by atoms with Gasteiger partial charge >= 0.3 is 6.16 Å². The van der Waals surface area contributed by atoms with Crippen LogP contribution in [0.3, 0.4) is 0 Å². The lowest BCUT2D eigenvalue weighted by atomic mass is 10.2. The Bertz CT molecular complexity index is 107. The molecule has 0 N–H and O–H groups in total. The van der Waals surface area contributed by atoms with Crippen LogP contribution in [0.2, 0.25) is 0 Å². The van der Waals surface area contributed by atoms with E-state index in [2.05, 4.69) is 8.92 Å². The summed E-state index contributed by atoms with van der Waals surface area (Å²) in [4.78, 5) is 10.4. The van der Waals surface area contributed by atoms with Crippen LogP contribution in [-0.4, -0.2) is 12.8 Å². The van der Waals surface area contributed by atoms with Crippen molar-refractivity contribution in [2.45, 2.75) is 13.8 Å². The summed E-state index contributed by atoms with van der Waals surface area (Å²) in [5.41, 5.74) is 0. The predicted molar refractivity (Wildman–Crippen MR) is 40.7 cm³/mol. The Morgan fingerprint density at radius 1 is 1.70 bits per heavy atom. The fourth-order valence-corrected chi connectivity index (χ4v) is 0.538. The lowest BCUT2D eigenvalue weighted by Crippen LogP contribution is -2.08. The zero-order chi connectivity index (χ0) is 7.98. The Labute approximate surface area is 68.7 Å². The van der Waals surface area contributed by atoms with Crippen molar-refractivity contribution in [2.24, 2.45) is 5.92 Å². The van der Waals surface area contributed by atoms with E-state index in [0.29, 0.717) is 23.8 Å². The quantitative estimate of drug-likeness (QED) is 0.499. The van der Waals surface area contributed by atoms with Crippen molar-refractivity contribution in [3.63, 3.8) is 0 Å². The highest BCUT2D eigenvalue weighted by Gasteiger charge is 2.04. The maximum absolute atomic E-state index is 10.4. The summed E-state index contributed by atoms with van der Waals surface area (Å²) in [5, 5.41) is 0. The van der Waals surface area contributed by atoms with Gasteiger partial charge in [-0.2, -0.15) is 0 Å². The molecular formula is C5H9ClO3S. The molecular weight excluding hydrogens is 176 g/mol. The van der Waals surface area contributed by atoms with Crippen LogP contribution in [0.25, 0.3) is 0 Å². The number of hydrogen-bond acceptors (Lipinski definition) is 4. The van der Waals surface area contributed by atoms with E-state index in [0.717, 1.165) is 0 Å². The molecule has 0 spiro atoms. The molecule has 0 saturated carbocycles. The predicted octanol–water partition coefficient (Wildman–Crippen LogP) is 2.60. The van der Waals surface area contributed by atoms with E-state index in [4.69, 9.17) is 10.7 Å². The van der Waals surface area contributed by atoms with Crippen LogP contribution in [-0.2, 0) is 8.92 Å². The third-order valence-electron chi connectivity index (χ3n) is 0.634. The molecule has 3 nitrogen and oxygen atoms in total. The van der Waals surface area contributed by atoms with Gasteiger partial charge in [0.25, 0.3) is 0 Å². The van der Waals surface area contributed by atoms with E-state index in [-0.39, 0.29) is 0 Å². The van der Waals surface area contributed by atoms with Crippen LogP contribution in [0.4, 0.5) is 4.79 Å². The van der Waals surface area contributed by atoms with Crippen LogP contribution >= 0.6 is 21.9 Å². The molecule has 0 bridgehead atoms. The SMILES string of the molecule is CC(C)COC(=O)OSCl. The summed E-state index contributed by atoms with van der Waals surface area (Å²) in [6.07, 6.45) is -0.742. The third-order valence-corrected chi connectivity index (χ3v) is 1.02. The van der Waals surface area contributed by atoms with Gasteiger partial charge in [-0.15, -0.1) is 0 Å². The van der Waals surface area contributed by atoms with E-state index in [1.165, 1.54) is 0 Å². The van der Waals surface area contributed by atoms with Gasteiger partial charge in [0.2, 0.25) is 0 Å². The minimum absolute atomic E-state index is 0.313. The molecule has 5 heteroatoms. The van der Waals surface area contributed by atoms with Gasteiger partial charge in [-0.25, -0.2) is 4.79 Å². The Morgan fingerprint density at radius 3 is 2.70 bits per heavy atom. The number of hydrogen-bond donors (Lipinski definition) is 0. The van der Waals surface area contributed by atoms with Gasteiger partial charge in [-0.1, -0.05) is 13.8 Å². The van der Waals surface area contributed by atoms with Crippen molar-refractivity contribution in [3.05, 3.63) is 0 Å². The molecule has 0 aromatic rings. The molecule has 0 aromatic heterocycles. The van der Waals surface area contributed by atoms with Crippen LogP contribution in [0, 0.1) is 5.92 Å². The Balaban J connectivity index is 3.22. The molecule has 0 aliphatic heterocycles. The molecule has 0 amide bonds. The topological polar surface area (TPSA) is 35.5 Å². The Hall–Kier alpha value is -0.0900. The molecule has 0 rings (SSSR count). The summed E-state index contributed by atoms with van der Waals surface area (Å²) in [6, 6.07) is 0. The summed E-state index contributed by atoms with van der Waals surface area (Å²) >= 11 is 0.459. The minimum atomic E-state index is -0.742. The number of halogens is 1. The molecule has 60 valence electrons. The van der Waals surface area contributed by atoms with Crippen LogP contribution in [0.1, 0.15) is 13.8 Å². The molecule has 0 aromatic carbocycles. The van der Waals surface area contributed by atoms with Crippen LogP contribution in [0.5, 0.6) is 0 Å². The maximum Gasteiger partial charge on any atom is 0.521 e. The second-order valence-electron chi connectivity index (χ2n) is 2.10. The molecule has 10 heavy (non-hydrogen) atoms. The first-order chi connectivity index (χ1) is 4.66. The van der Waals surface area contributed by atoms with Gasteiger partial charge in [0, 0.05) is 10.7 Å². The van der Waals surface area contributed by atoms with Crippen molar-refractivity contribution in [1.29, 1.82) is 0 Å². The molecule has 0 heterocycles. The van der Waals surface area contributed by atoms with E-state index in [9.17, 15) is 4.79 Å². The fraction of sp³-hybridized carbons (Fsp3) is 0.800. The molecule has 0 aliphatic rings. The summed E-state index contributed by atoms with van der Waals surface area (Å²) in [6.45, 7) is 4.22. The zero-order valence-electron chi connectivity index (χ0n) is 5.80. The molecule has 0 unspecified atom stereocenters. The highest BCUT2D eigenvalue weighted by atomic mass is 35.7. The molecule has 0 fully saturated rings. The Kier molecular flexibility index (Phi) is 5.63. The van der Waals surface area contributed by atoms with Gasteiger partial charge in [0.05, 0.1) is 6.61 Å². The van der Waals surface area contributed by atoms with Crippen molar-refractivity contribution >= 4 is 28.1 Å². The van der Waals surface area contributed by atoms with Gasteiger partial charge in [0.1, 0.15) is 0 Å². The fourth-order valence-electron chi connectivity index (χ4n) is 0.284. The minimum Gasteiger partial charge on any atom is -0.433 e. The average molecular weight is 185 g/mol. The standard InChI is InChI=1S/C5H9ClO3S/c1-4(2)3-8-5(7)9-10-6/h4H,3H2,1-2H3. The lowest BCUT2D eigenvalue weighted by Gasteiger charge is -2.03. The maximum atomic E-state index is 10.4. The van der Waals surface area contributed by atoms with E-state index < -0.39 is 6.16 Å². The highest BCUT2D eigenvalue weighted by Crippen LogP contribution is 2.09. The molecule has 0 aliphatic carbocycles. The van der Waals surface area contributed by atoms with Gasteiger partial charge in [-0.3, -0.25) is 0 Å². The number of carbonyl (C=O) groups is 1. The lowest BCUT2D eigenvalue weighted by molar-refractivity contribution is 0.0957. The summed E-state index contributed by atoms with van der Waals surface area (Å²) in [5.74, 6) is 0.313. The summed E-state index contributed by atoms with van der Waals surface area (Å²) in [7, 11) is 5.01.